The van der Waals surface area contributed by atoms with Gasteiger partial charge in [-0.05, 0) is 28.8 Å². The fourth-order valence-corrected chi connectivity index (χ4v) is 4.10. The Kier molecular flexibility index (Phi) is 6.17. The van der Waals surface area contributed by atoms with E-state index >= 15 is 0 Å². The Balaban J connectivity index is 1.72. The number of nitrogens with one attached hydrogen (secondary N) is 2. The molecule has 2 aromatic carbocycles. The molecule has 2 heterocycles. The van der Waals surface area contributed by atoms with Crippen molar-refractivity contribution >= 4 is 11.8 Å². The van der Waals surface area contributed by atoms with Gasteiger partial charge in [-0.3, -0.25) is 4.79 Å². The summed E-state index contributed by atoms with van der Waals surface area (Å²) in [5.41, 5.74) is 0.279. The SMILES string of the molecule is N#Cc1c(SCc2nn[nH]n2)[nH]c(=O)c(C#N)c1-c1ccc(-c2ccc(C(F)(F)F)cc2)cc1. The zero-order chi connectivity index (χ0) is 24.3. The number of tetrazole rings is 1. The van der Waals surface area contributed by atoms with Crippen LogP contribution in [0.3, 0.4) is 0 Å². The minimum atomic E-state index is -4.43. The van der Waals surface area contributed by atoms with E-state index in [-0.39, 0.29) is 27.5 Å². The molecule has 0 saturated carbocycles. The van der Waals surface area contributed by atoms with E-state index in [1.165, 1.54) is 12.1 Å². The molecule has 0 radical (unpaired) electrons. The number of aromatic nitrogens is 5. The molecule has 0 unspecified atom stereocenters. The largest absolute Gasteiger partial charge is 0.416 e. The Morgan fingerprint density at radius 3 is 2.03 bits per heavy atom. The second-order valence-corrected chi connectivity index (χ2v) is 7.89. The van der Waals surface area contributed by atoms with E-state index in [9.17, 15) is 28.5 Å². The average Bonchev–Trinajstić information content (AvgIpc) is 3.35. The molecule has 8 nitrogen and oxygen atoms in total. The van der Waals surface area contributed by atoms with Crippen LogP contribution in [0.25, 0.3) is 22.3 Å². The third kappa shape index (κ3) is 4.53. The number of pyridine rings is 1. The van der Waals surface area contributed by atoms with Crippen LogP contribution in [-0.4, -0.2) is 25.6 Å². The third-order valence-corrected chi connectivity index (χ3v) is 5.86. The van der Waals surface area contributed by atoms with Gasteiger partial charge in [0.15, 0.2) is 5.82 Å². The number of thioether (sulfide) groups is 1. The number of alkyl halides is 3. The highest BCUT2D eigenvalue weighted by atomic mass is 32.2. The second-order valence-electron chi connectivity index (χ2n) is 6.90. The van der Waals surface area contributed by atoms with Gasteiger partial charge < -0.3 is 4.98 Å². The molecule has 0 saturated heterocycles. The van der Waals surface area contributed by atoms with Crippen LogP contribution in [0.2, 0.25) is 0 Å². The molecule has 2 aromatic heterocycles. The molecule has 0 spiro atoms. The van der Waals surface area contributed by atoms with E-state index < -0.39 is 17.3 Å². The van der Waals surface area contributed by atoms with Crippen molar-refractivity contribution in [3.63, 3.8) is 0 Å². The number of hydrogen-bond donors (Lipinski definition) is 2. The van der Waals surface area contributed by atoms with Crippen molar-refractivity contribution in [1.29, 1.82) is 10.5 Å². The van der Waals surface area contributed by atoms with E-state index in [0.29, 0.717) is 22.5 Å². The summed E-state index contributed by atoms with van der Waals surface area (Å²) in [6, 6.07) is 15.1. The normalized spacial score (nSPS) is 11.1. The Morgan fingerprint density at radius 1 is 0.912 bits per heavy atom. The van der Waals surface area contributed by atoms with Crippen molar-refractivity contribution in [2.75, 3.05) is 0 Å². The first-order chi connectivity index (χ1) is 16.3. The van der Waals surface area contributed by atoms with Crippen LogP contribution < -0.4 is 5.56 Å². The van der Waals surface area contributed by atoms with Crippen LogP contribution in [0.4, 0.5) is 13.2 Å². The van der Waals surface area contributed by atoms with E-state index in [1.54, 1.807) is 24.3 Å². The maximum atomic E-state index is 12.8. The van der Waals surface area contributed by atoms with Crippen molar-refractivity contribution in [3.8, 4) is 34.4 Å². The standard InChI is InChI=1S/C22H12F3N7OS/c23-22(24,25)15-7-5-13(6-8-15)12-1-3-14(4-2-12)19-16(9-26)20(33)28-21(17(19)10-27)34-11-18-29-31-32-30-18/h1-8H,11H2,(H,28,33)(H,29,30,31,32). The first-order valence-corrected chi connectivity index (χ1v) is 10.5. The summed E-state index contributed by atoms with van der Waals surface area (Å²) in [7, 11) is 0. The lowest BCUT2D eigenvalue weighted by molar-refractivity contribution is -0.137. The van der Waals surface area contributed by atoms with Gasteiger partial charge in [0.05, 0.1) is 21.9 Å². The van der Waals surface area contributed by atoms with Crippen LogP contribution in [0.15, 0.2) is 58.4 Å². The molecule has 0 atom stereocenters. The molecule has 0 fully saturated rings. The van der Waals surface area contributed by atoms with Crippen molar-refractivity contribution in [1.82, 2.24) is 25.6 Å². The molecule has 0 aliphatic carbocycles. The number of hydrogen-bond acceptors (Lipinski definition) is 7. The number of nitriles is 2. The van der Waals surface area contributed by atoms with Crippen LogP contribution in [-0.2, 0) is 11.9 Å². The second kappa shape index (κ2) is 9.21. The Bertz CT molecular complexity index is 1460. The first kappa shape index (κ1) is 22.8. The van der Waals surface area contributed by atoms with Crippen molar-refractivity contribution < 1.29 is 13.2 Å². The van der Waals surface area contributed by atoms with Crippen LogP contribution in [0.5, 0.6) is 0 Å². The lowest BCUT2D eigenvalue weighted by Gasteiger charge is -2.12. The van der Waals surface area contributed by atoms with Gasteiger partial charge in [-0.15, -0.1) is 10.2 Å². The van der Waals surface area contributed by atoms with Gasteiger partial charge in [0, 0.05) is 5.56 Å². The minimum absolute atomic E-state index is 0.104. The summed E-state index contributed by atoms with van der Waals surface area (Å²) in [4.78, 5) is 15.1. The summed E-state index contributed by atoms with van der Waals surface area (Å²) in [6.45, 7) is 0. The van der Waals surface area contributed by atoms with Gasteiger partial charge in [-0.25, -0.2) is 0 Å². The smallest absolute Gasteiger partial charge is 0.315 e. The predicted molar refractivity (Wildman–Crippen MR) is 116 cm³/mol. The zero-order valence-electron chi connectivity index (χ0n) is 17.0. The molecule has 4 rings (SSSR count). The molecular formula is C22H12F3N7OS. The highest BCUT2D eigenvalue weighted by molar-refractivity contribution is 7.98. The fourth-order valence-electron chi connectivity index (χ4n) is 3.25. The third-order valence-electron chi connectivity index (χ3n) is 4.86. The highest BCUT2D eigenvalue weighted by Gasteiger charge is 2.30. The number of rotatable bonds is 5. The van der Waals surface area contributed by atoms with E-state index in [4.69, 9.17) is 0 Å². The number of halogens is 3. The van der Waals surface area contributed by atoms with Crippen molar-refractivity contribution in [2.45, 2.75) is 17.0 Å². The summed E-state index contributed by atoms with van der Waals surface area (Å²) in [5, 5.41) is 33.0. The quantitative estimate of drug-likeness (QED) is 0.408. The first-order valence-electron chi connectivity index (χ1n) is 9.55. The number of nitrogens with zero attached hydrogens (tertiary/aromatic N) is 5. The topological polar surface area (TPSA) is 135 Å². The van der Waals surface area contributed by atoms with Crippen LogP contribution in [0.1, 0.15) is 22.5 Å². The molecule has 0 amide bonds. The highest BCUT2D eigenvalue weighted by Crippen LogP contribution is 2.34. The van der Waals surface area contributed by atoms with E-state index in [0.717, 1.165) is 23.9 Å². The monoisotopic (exact) mass is 479 g/mol. The molecule has 0 bridgehead atoms. The van der Waals surface area contributed by atoms with Crippen LogP contribution in [0, 0.1) is 22.7 Å². The molecule has 34 heavy (non-hydrogen) atoms. The van der Waals surface area contributed by atoms with E-state index in [2.05, 4.69) is 25.6 Å². The number of aromatic amines is 2. The maximum Gasteiger partial charge on any atom is 0.416 e. The van der Waals surface area contributed by atoms with Crippen molar-refractivity contribution in [3.05, 3.63) is 81.4 Å². The molecule has 0 aliphatic heterocycles. The molecule has 4 aromatic rings. The van der Waals surface area contributed by atoms with Gasteiger partial charge in [-0.1, -0.05) is 53.4 Å². The lowest BCUT2D eigenvalue weighted by atomic mass is 9.95. The molecule has 168 valence electrons. The lowest BCUT2D eigenvalue weighted by Crippen LogP contribution is -2.15. The fraction of sp³-hybridized carbons (Fsp3) is 0.0909. The summed E-state index contributed by atoms with van der Waals surface area (Å²) in [5.74, 6) is 0.584. The van der Waals surface area contributed by atoms with Crippen LogP contribution >= 0.6 is 11.8 Å². The molecule has 2 N–H and O–H groups in total. The predicted octanol–water partition coefficient (Wildman–Crippen LogP) is 4.28. The molecular weight excluding hydrogens is 467 g/mol. The van der Waals surface area contributed by atoms with Gasteiger partial charge in [-0.2, -0.15) is 28.9 Å². The van der Waals surface area contributed by atoms with Gasteiger partial charge in [0.2, 0.25) is 0 Å². The summed E-state index contributed by atoms with van der Waals surface area (Å²) >= 11 is 1.11. The molecule has 0 aliphatic rings. The Hall–Kier alpha value is -4.42. The van der Waals surface area contributed by atoms with E-state index in [1.807, 2.05) is 12.1 Å². The number of H-pyrrole nitrogens is 2. The average molecular weight is 479 g/mol. The van der Waals surface area contributed by atoms with Gasteiger partial charge in [0.25, 0.3) is 5.56 Å². The molecule has 12 heteroatoms. The summed E-state index contributed by atoms with van der Waals surface area (Å²) < 4.78 is 38.4. The Labute approximate surface area is 194 Å². The zero-order valence-corrected chi connectivity index (χ0v) is 17.8. The number of benzene rings is 2. The summed E-state index contributed by atoms with van der Waals surface area (Å²) in [6.07, 6.45) is -4.43. The maximum absolute atomic E-state index is 12.8. The van der Waals surface area contributed by atoms with Crippen molar-refractivity contribution in [2.24, 2.45) is 0 Å². The van der Waals surface area contributed by atoms with Gasteiger partial charge in [0.1, 0.15) is 17.7 Å². The Morgan fingerprint density at radius 2 is 1.50 bits per heavy atom. The minimum Gasteiger partial charge on any atom is -0.315 e. The van der Waals surface area contributed by atoms with Gasteiger partial charge >= 0.3 is 6.18 Å².